The summed E-state index contributed by atoms with van der Waals surface area (Å²) in [6, 6.07) is 25.9. The second kappa shape index (κ2) is 8.06. The number of hydrogen-bond donors (Lipinski definition) is 1. The average molecular weight is 451 g/mol. The monoisotopic (exact) mass is 450 g/mol. The molecule has 1 atom stereocenters. The molecular weight excluding hydrogens is 424 g/mol. The quantitative estimate of drug-likeness (QED) is 0.509. The number of anilines is 1. The number of nitrogens with one attached hydrogen (secondary N) is 1. The molecule has 4 aromatic rings. The third-order valence-electron chi connectivity index (χ3n) is 7.04. The molecule has 1 unspecified atom stereocenters. The van der Waals surface area contributed by atoms with Crippen LogP contribution in [0.2, 0.25) is 0 Å². The van der Waals surface area contributed by atoms with Crippen molar-refractivity contribution in [2.75, 3.05) is 18.5 Å². The molecule has 0 radical (unpaired) electrons. The van der Waals surface area contributed by atoms with E-state index in [1.165, 1.54) is 5.56 Å². The number of para-hydroxylation sites is 2. The van der Waals surface area contributed by atoms with E-state index in [-0.39, 0.29) is 24.5 Å². The molecule has 0 saturated carbocycles. The maximum absolute atomic E-state index is 13.4. The Labute approximate surface area is 198 Å². The van der Waals surface area contributed by atoms with Crippen molar-refractivity contribution in [1.29, 1.82) is 0 Å². The van der Waals surface area contributed by atoms with Gasteiger partial charge in [-0.2, -0.15) is 0 Å². The first-order valence-electron chi connectivity index (χ1n) is 11.7. The Morgan fingerprint density at radius 1 is 0.971 bits per heavy atom. The molecule has 2 amide bonds. The average Bonchev–Trinajstić information content (AvgIpc) is 3.20. The largest absolute Gasteiger partial charge is 0.350 e. The lowest BCUT2D eigenvalue weighted by Crippen LogP contribution is -2.51. The van der Waals surface area contributed by atoms with Gasteiger partial charge >= 0.3 is 0 Å². The summed E-state index contributed by atoms with van der Waals surface area (Å²) in [5, 5.41) is 4.22. The van der Waals surface area contributed by atoms with Crippen LogP contribution in [0.25, 0.3) is 10.9 Å². The van der Waals surface area contributed by atoms with E-state index in [1.54, 1.807) is 0 Å². The van der Waals surface area contributed by atoms with Crippen molar-refractivity contribution < 1.29 is 9.59 Å². The molecule has 6 heteroatoms. The van der Waals surface area contributed by atoms with Crippen LogP contribution in [0.5, 0.6) is 0 Å². The van der Waals surface area contributed by atoms with Gasteiger partial charge in [0.2, 0.25) is 5.91 Å². The van der Waals surface area contributed by atoms with Crippen LogP contribution in [-0.2, 0) is 24.3 Å². The van der Waals surface area contributed by atoms with Gasteiger partial charge in [-0.25, -0.2) is 0 Å². The van der Waals surface area contributed by atoms with Gasteiger partial charge in [0.1, 0.15) is 12.7 Å². The minimum atomic E-state index is -0.250. The number of nitrogens with zero attached hydrogens (tertiary/aromatic N) is 3. The zero-order chi connectivity index (χ0) is 23.2. The number of fused-ring (bicyclic) bond motifs is 6. The fourth-order valence-electron chi connectivity index (χ4n) is 5.47. The second-order valence-electron chi connectivity index (χ2n) is 8.98. The molecule has 3 heterocycles. The molecule has 1 N–H and O–H groups in total. The fraction of sp³-hybridized carbons (Fsp3) is 0.214. The first-order valence-corrected chi connectivity index (χ1v) is 11.7. The highest BCUT2D eigenvalue weighted by atomic mass is 16.2. The number of carbonyl (C=O) groups excluding carboxylic acids is 2. The Hall–Kier alpha value is -4.06. The van der Waals surface area contributed by atoms with Crippen molar-refractivity contribution in [2.45, 2.75) is 25.7 Å². The summed E-state index contributed by atoms with van der Waals surface area (Å²) in [7, 11) is 2.04. The van der Waals surface area contributed by atoms with Crippen LogP contribution in [0.4, 0.5) is 5.69 Å². The van der Waals surface area contributed by atoms with Crippen LogP contribution < -0.4 is 10.2 Å². The maximum atomic E-state index is 13.4. The van der Waals surface area contributed by atoms with Crippen molar-refractivity contribution in [3.05, 3.63) is 101 Å². The summed E-state index contributed by atoms with van der Waals surface area (Å²) in [5.41, 5.74) is 6.01. The van der Waals surface area contributed by atoms with Gasteiger partial charge in [0.05, 0.1) is 16.9 Å². The molecule has 0 aliphatic carbocycles. The van der Waals surface area contributed by atoms with Crippen molar-refractivity contribution in [3.8, 4) is 0 Å². The number of hydrogen-bond acceptors (Lipinski definition) is 3. The van der Waals surface area contributed by atoms with Crippen LogP contribution in [0.1, 0.15) is 33.3 Å². The number of aromatic nitrogens is 1. The summed E-state index contributed by atoms with van der Waals surface area (Å²) in [6.45, 7) is 1.35. The highest BCUT2D eigenvalue weighted by molar-refractivity contribution is 6.02. The normalized spacial score (nSPS) is 16.7. The van der Waals surface area contributed by atoms with E-state index in [9.17, 15) is 9.59 Å². The van der Waals surface area contributed by atoms with Crippen LogP contribution in [0.3, 0.4) is 0 Å². The fourth-order valence-corrected chi connectivity index (χ4v) is 5.47. The van der Waals surface area contributed by atoms with Gasteiger partial charge in [0.15, 0.2) is 0 Å². The number of benzene rings is 3. The smallest absolute Gasteiger partial charge is 0.257 e. The highest BCUT2D eigenvalue weighted by Gasteiger charge is 2.42. The molecule has 6 nitrogen and oxygen atoms in total. The van der Waals surface area contributed by atoms with E-state index in [2.05, 4.69) is 26.9 Å². The lowest BCUT2D eigenvalue weighted by atomic mass is 9.96. The molecule has 0 saturated heterocycles. The molecule has 0 bridgehead atoms. The zero-order valence-electron chi connectivity index (χ0n) is 19.1. The Kier molecular flexibility index (Phi) is 4.87. The Morgan fingerprint density at radius 2 is 1.71 bits per heavy atom. The Bertz CT molecular complexity index is 1410. The number of carbonyl (C=O) groups is 2. The molecule has 0 spiro atoms. The van der Waals surface area contributed by atoms with E-state index < -0.39 is 0 Å². The Balaban J connectivity index is 1.41. The molecule has 2 aliphatic rings. The summed E-state index contributed by atoms with van der Waals surface area (Å²) in [6.07, 6.45) is 0.521. The molecule has 3 aromatic carbocycles. The topological polar surface area (TPSA) is 57.6 Å². The third kappa shape index (κ3) is 3.17. The summed E-state index contributed by atoms with van der Waals surface area (Å²) >= 11 is 0. The van der Waals surface area contributed by atoms with Crippen molar-refractivity contribution in [2.24, 2.45) is 0 Å². The van der Waals surface area contributed by atoms with Crippen molar-refractivity contribution >= 4 is 28.4 Å². The van der Waals surface area contributed by atoms with Crippen molar-refractivity contribution in [1.82, 2.24) is 14.8 Å². The van der Waals surface area contributed by atoms with Gasteiger partial charge in [0.25, 0.3) is 5.91 Å². The first kappa shape index (κ1) is 20.5. The Morgan fingerprint density at radius 3 is 2.56 bits per heavy atom. The number of rotatable bonds is 4. The van der Waals surface area contributed by atoms with Gasteiger partial charge in [-0.05, 0) is 35.7 Å². The lowest BCUT2D eigenvalue weighted by molar-refractivity contribution is -0.121. The summed E-state index contributed by atoms with van der Waals surface area (Å²) in [4.78, 5) is 30.6. The van der Waals surface area contributed by atoms with Gasteiger partial charge in [-0.1, -0.05) is 60.7 Å². The van der Waals surface area contributed by atoms with Crippen LogP contribution in [-0.4, -0.2) is 34.9 Å². The predicted molar refractivity (Wildman–Crippen MR) is 133 cm³/mol. The van der Waals surface area contributed by atoms with E-state index in [4.69, 9.17) is 0 Å². The van der Waals surface area contributed by atoms with E-state index in [0.717, 1.165) is 39.8 Å². The third-order valence-corrected chi connectivity index (χ3v) is 7.04. The van der Waals surface area contributed by atoms with Gasteiger partial charge in [0, 0.05) is 31.0 Å². The van der Waals surface area contributed by atoms with E-state index >= 15 is 0 Å². The molecular formula is C28H26N4O2. The number of amides is 2. The minimum Gasteiger partial charge on any atom is -0.350 e. The van der Waals surface area contributed by atoms with Gasteiger partial charge < -0.3 is 19.7 Å². The van der Waals surface area contributed by atoms with Crippen LogP contribution >= 0.6 is 0 Å². The predicted octanol–water partition coefficient (Wildman–Crippen LogP) is 4.10. The summed E-state index contributed by atoms with van der Waals surface area (Å²) < 4.78 is 2.11. The van der Waals surface area contributed by atoms with Gasteiger partial charge in [-0.15, -0.1) is 0 Å². The van der Waals surface area contributed by atoms with E-state index in [1.807, 2.05) is 78.7 Å². The summed E-state index contributed by atoms with van der Waals surface area (Å²) in [5.74, 6) is 0.00408. The molecule has 0 fully saturated rings. The van der Waals surface area contributed by atoms with Crippen LogP contribution in [0, 0.1) is 0 Å². The standard InChI is InChI=1S/C28H26N4O2/c1-30-23-13-7-6-12-22(23)28(34)31-16-15-21-20-11-5-8-14-24(20)32(26(21)27(30)31)18-25(33)29-17-19-9-3-2-4-10-19/h2-14,27H,15-18H2,1H3,(H,29,33). The van der Waals surface area contributed by atoms with Crippen molar-refractivity contribution in [3.63, 3.8) is 0 Å². The maximum Gasteiger partial charge on any atom is 0.257 e. The molecule has 170 valence electrons. The molecule has 6 rings (SSSR count). The minimum absolute atomic E-state index is 0.0466. The zero-order valence-corrected chi connectivity index (χ0v) is 19.1. The molecule has 2 aliphatic heterocycles. The highest BCUT2D eigenvalue weighted by Crippen LogP contribution is 2.44. The SMILES string of the molecule is CN1c2ccccc2C(=O)N2CCc3c(n(CC(=O)NCc4ccccc4)c4ccccc34)C21. The second-order valence-corrected chi connectivity index (χ2v) is 8.98. The lowest BCUT2D eigenvalue weighted by Gasteiger charge is -2.46. The van der Waals surface area contributed by atoms with E-state index in [0.29, 0.717) is 13.1 Å². The molecule has 1 aromatic heterocycles. The van der Waals surface area contributed by atoms with Gasteiger partial charge in [-0.3, -0.25) is 9.59 Å². The first-order chi connectivity index (χ1) is 16.6. The van der Waals surface area contributed by atoms with Crippen LogP contribution in [0.15, 0.2) is 78.9 Å². The molecule has 34 heavy (non-hydrogen) atoms.